The third-order valence-corrected chi connectivity index (χ3v) is 7.69. The molecule has 0 aliphatic heterocycles. The number of benzene rings is 3. The highest BCUT2D eigenvalue weighted by atomic mass is 32.2. The summed E-state index contributed by atoms with van der Waals surface area (Å²) < 4.78 is 32.6. The molecule has 0 saturated carbocycles. The van der Waals surface area contributed by atoms with E-state index in [1.54, 1.807) is 19.2 Å². The summed E-state index contributed by atoms with van der Waals surface area (Å²) in [6.07, 6.45) is 0. The van der Waals surface area contributed by atoms with Crippen molar-refractivity contribution in [1.82, 2.24) is 9.62 Å². The maximum atomic E-state index is 12.9. The Bertz CT molecular complexity index is 1240. The second kappa shape index (κ2) is 10.8. The lowest BCUT2D eigenvalue weighted by Crippen LogP contribution is -2.31. The van der Waals surface area contributed by atoms with E-state index in [-0.39, 0.29) is 30.0 Å². The molecule has 180 valence electrons. The highest BCUT2D eigenvalue weighted by Crippen LogP contribution is 2.22. The minimum atomic E-state index is -3.64. The fraction of sp³-hybridized carbons (Fsp3) is 0.296. The van der Waals surface area contributed by atoms with Gasteiger partial charge in [0.2, 0.25) is 10.0 Å². The summed E-state index contributed by atoms with van der Waals surface area (Å²) in [7, 11) is -2.09. The maximum absolute atomic E-state index is 12.9. The van der Waals surface area contributed by atoms with Crippen molar-refractivity contribution in [1.29, 1.82) is 0 Å². The second-order valence-corrected chi connectivity index (χ2v) is 10.6. The first-order valence-electron chi connectivity index (χ1n) is 11.2. The van der Waals surface area contributed by atoms with Gasteiger partial charge in [-0.05, 0) is 79.8 Å². The fourth-order valence-corrected chi connectivity index (χ4v) is 4.93. The average Bonchev–Trinajstić information content (AvgIpc) is 2.81. The van der Waals surface area contributed by atoms with Gasteiger partial charge in [-0.2, -0.15) is 4.31 Å². The van der Waals surface area contributed by atoms with Crippen LogP contribution in [0.4, 0.5) is 0 Å². The first-order chi connectivity index (χ1) is 16.1. The minimum Gasteiger partial charge on any atom is -0.484 e. The summed E-state index contributed by atoms with van der Waals surface area (Å²) in [4.78, 5) is 12.6. The molecular weight excluding hydrogens is 448 g/mol. The van der Waals surface area contributed by atoms with Crippen LogP contribution in [0.15, 0.2) is 71.6 Å². The SMILES string of the molecule is Cc1cc(C)c(C(C)NC(=O)COc2ccc(S(=O)(=O)N(C)Cc3ccccc3)cc2)cc1C. The van der Waals surface area contributed by atoms with E-state index in [0.717, 1.165) is 16.7 Å². The van der Waals surface area contributed by atoms with Gasteiger partial charge in [0.05, 0.1) is 10.9 Å². The number of amides is 1. The number of carbonyl (C=O) groups is 1. The highest BCUT2D eigenvalue weighted by molar-refractivity contribution is 7.89. The van der Waals surface area contributed by atoms with Gasteiger partial charge in [-0.3, -0.25) is 4.79 Å². The van der Waals surface area contributed by atoms with Crippen molar-refractivity contribution in [2.75, 3.05) is 13.7 Å². The number of nitrogens with one attached hydrogen (secondary N) is 1. The molecule has 0 radical (unpaired) electrons. The Kier molecular flexibility index (Phi) is 8.12. The lowest BCUT2D eigenvalue weighted by molar-refractivity contribution is -0.123. The Hall–Kier alpha value is -3.16. The quantitative estimate of drug-likeness (QED) is 0.482. The minimum absolute atomic E-state index is 0.150. The number of sulfonamides is 1. The summed E-state index contributed by atoms with van der Waals surface area (Å²) in [6.45, 7) is 8.22. The van der Waals surface area contributed by atoms with E-state index in [4.69, 9.17) is 4.74 Å². The normalized spacial score (nSPS) is 12.4. The van der Waals surface area contributed by atoms with Gasteiger partial charge in [-0.25, -0.2) is 8.42 Å². The molecular formula is C27H32N2O4S. The molecule has 6 nitrogen and oxygen atoms in total. The molecule has 0 spiro atoms. The van der Waals surface area contributed by atoms with Crippen LogP contribution in [0.5, 0.6) is 5.75 Å². The van der Waals surface area contributed by atoms with Crippen molar-refractivity contribution in [3.8, 4) is 5.75 Å². The van der Waals surface area contributed by atoms with Crippen molar-refractivity contribution < 1.29 is 17.9 Å². The summed E-state index contributed by atoms with van der Waals surface area (Å²) in [5.74, 6) is 0.180. The maximum Gasteiger partial charge on any atom is 0.258 e. The monoisotopic (exact) mass is 480 g/mol. The standard InChI is InChI=1S/C27H32N2O4S/c1-19-15-21(3)26(16-20(19)2)22(4)28-27(30)18-33-24-11-13-25(14-12-24)34(31,32)29(5)17-23-9-7-6-8-10-23/h6-16,22H,17-18H2,1-5H3,(H,28,30). The van der Waals surface area contributed by atoms with Gasteiger partial charge in [0.1, 0.15) is 5.75 Å². The number of nitrogens with zero attached hydrogens (tertiary/aromatic N) is 1. The Morgan fingerprint density at radius 3 is 2.21 bits per heavy atom. The molecule has 3 aromatic carbocycles. The molecule has 0 aliphatic carbocycles. The van der Waals surface area contributed by atoms with Crippen LogP contribution in [0, 0.1) is 20.8 Å². The average molecular weight is 481 g/mol. The van der Waals surface area contributed by atoms with Crippen LogP contribution in [0.25, 0.3) is 0 Å². The van der Waals surface area contributed by atoms with E-state index in [2.05, 4.69) is 31.3 Å². The molecule has 34 heavy (non-hydrogen) atoms. The lowest BCUT2D eigenvalue weighted by Gasteiger charge is -2.19. The predicted octanol–water partition coefficient (Wildman–Crippen LogP) is 4.69. The van der Waals surface area contributed by atoms with Crippen molar-refractivity contribution in [3.63, 3.8) is 0 Å². The van der Waals surface area contributed by atoms with Crippen molar-refractivity contribution in [2.24, 2.45) is 0 Å². The van der Waals surface area contributed by atoms with Crippen LogP contribution >= 0.6 is 0 Å². The molecule has 1 amide bonds. The molecule has 0 aromatic heterocycles. The van der Waals surface area contributed by atoms with Crippen LogP contribution in [-0.2, 0) is 21.4 Å². The molecule has 0 saturated heterocycles. The van der Waals surface area contributed by atoms with Gasteiger partial charge in [0.25, 0.3) is 5.91 Å². The number of aryl methyl sites for hydroxylation is 3. The predicted molar refractivity (Wildman–Crippen MR) is 134 cm³/mol. The Balaban J connectivity index is 1.57. The van der Waals surface area contributed by atoms with Gasteiger partial charge < -0.3 is 10.1 Å². The van der Waals surface area contributed by atoms with Gasteiger partial charge in [0, 0.05) is 13.6 Å². The van der Waals surface area contributed by atoms with Crippen LogP contribution in [0.3, 0.4) is 0 Å². The zero-order valence-corrected chi connectivity index (χ0v) is 21.1. The van der Waals surface area contributed by atoms with Crippen LogP contribution < -0.4 is 10.1 Å². The van der Waals surface area contributed by atoms with Gasteiger partial charge in [-0.15, -0.1) is 0 Å². The Labute approximate surface area is 202 Å². The summed E-state index contributed by atoms with van der Waals surface area (Å²) in [5, 5.41) is 2.96. The second-order valence-electron chi connectivity index (χ2n) is 8.59. The third kappa shape index (κ3) is 6.24. The molecule has 0 heterocycles. The third-order valence-electron chi connectivity index (χ3n) is 5.88. The molecule has 0 bridgehead atoms. The number of carbonyl (C=O) groups excluding carboxylic acids is 1. The largest absolute Gasteiger partial charge is 0.484 e. The number of hydrogen-bond donors (Lipinski definition) is 1. The van der Waals surface area contributed by atoms with E-state index in [9.17, 15) is 13.2 Å². The zero-order chi connectivity index (χ0) is 24.9. The molecule has 1 atom stereocenters. The Morgan fingerprint density at radius 2 is 1.56 bits per heavy atom. The zero-order valence-electron chi connectivity index (χ0n) is 20.3. The van der Waals surface area contributed by atoms with Gasteiger partial charge >= 0.3 is 0 Å². The van der Waals surface area contributed by atoms with Crippen molar-refractivity contribution >= 4 is 15.9 Å². The number of rotatable bonds is 9. The van der Waals surface area contributed by atoms with E-state index in [1.807, 2.05) is 44.2 Å². The first-order valence-corrected chi connectivity index (χ1v) is 12.6. The van der Waals surface area contributed by atoms with Crippen LogP contribution in [-0.4, -0.2) is 32.3 Å². The molecule has 3 aromatic rings. The van der Waals surface area contributed by atoms with E-state index >= 15 is 0 Å². The fourth-order valence-electron chi connectivity index (χ4n) is 3.77. The Morgan fingerprint density at radius 1 is 0.941 bits per heavy atom. The van der Waals surface area contributed by atoms with E-state index in [0.29, 0.717) is 5.75 Å². The highest BCUT2D eigenvalue weighted by Gasteiger charge is 2.21. The summed E-state index contributed by atoms with van der Waals surface area (Å²) in [5.41, 5.74) is 5.52. The van der Waals surface area contributed by atoms with Crippen LogP contribution in [0.2, 0.25) is 0 Å². The topological polar surface area (TPSA) is 75.7 Å². The van der Waals surface area contributed by atoms with E-state index in [1.165, 1.54) is 27.6 Å². The summed E-state index contributed by atoms with van der Waals surface area (Å²) >= 11 is 0. The number of hydrogen-bond acceptors (Lipinski definition) is 4. The molecule has 1 unspecified atom stereocenters. The summed E-state index contributed by atoms with van der Waals surface area (Å²) in [6, 6.07) is 19.6. The van der Waals surface area contributed by atoms with E-state index < -0.39 is 10.0 Å². The van der Waals surface area contributed by atoms with Crippen LogP contribution in [0.1, 0.15) is 40.8 Å². The van der Waals surface area contributed by atoms with Crippen molar-refractivity contribution in [2.45, 2.75) is 45.2 Å². The molecule has 1 N–H and O–H groups in total. The molecule has 7 heteroatoms. The van der Waals surface area contributed by atoms with Gasteiger partial charge in [0.15, 0.2) is 6.61 Å². The number of ether oxygens (including phenoxy) is 1. The van der Waals surface area contributed by atoms with Crippen molar-refractivity contribution in [3.05, 3.63) is 94.5 Å². The molecule has 3 rings (SSSR count). The van der Waals surface area contributed by atoms with Gasteiger partial charge in [-0.1, -0.05) is 42.5 Å². The molecule has 0 aliphatic rings. The first kappa shape index (κ1) is 25.5. The molecule has 0 fully saturated rings. The smallest absolute Gasteiger partial charge is 0.258 e. The lowest BCUT2D eigenvalue weighted by atomic mass is 9.96.